The van der Waals surface area contributed by atoms with Gasteiger partial charge in [0, 0.05) is 25.6 Å². The molecule has 3 aromatic carbocycles. The Hall–Kier alpha value is -3.08. The van der Waals surface area contributed by atoms with Gasteiger partial charge in [0.2, 0.25) is 0 Å². The highest BCUT2D eigenvalue weighted by atomic mass is 79.9. The van der Waals surface area contributed by atoms with Crippen molar-refractivity contribution in [2.24, 2.45) is 0 Å². The molecule has 5 aromatic rings. The Kier molecular flexibility index (Phi) is 6.91. The number of nitrogens with zero attached hydrogens (tertiary/aromatic N) is 4. The number of benzene rings is 3. The highest BCUT2D eigenvalue weighted by molar-refractivity contribution is 9.10. The van der Waals surface area contributed by atoms with Crippen LogP contribution in [-0.4, -0.2) is 19.7 Å². The van der Waals surface area contributed by atoms with Crippen LogP contribution in [-0.2, 0) is 6.18 Å². The van der Waals surface area contributed by atoms with Crippen molar-refractivity contribution in [3.05, 3.63) is 104 Å². The molecule has 37 heavy (non-hydrogen) atoms. The molecule has 4 nitrogen and oxygen atoms in total. The zero-order valence-electron chi connectivity index (χ0n) is 18.4. The highest BCUT2D eigenvalue weighted by Crippen LogP contribution is 2.39. The van der Waals surface area contributed by atoms with Crippen molar-refractivity contribution in [1.29, 1.82) is 0 Å². The number of halogens is 7. The summed E-state index contributed by atoms with van der Waals surface area (Å²) in [5.41, 5.74) is 0.968. The Morgan fingerprint density at radius 2 is 1.27 bits per heavy atom. The Bertz CT molecular complexity index is 1580. The van der Waals surface area contributed by atoms with E-state index < -0.39 is 17.7 Å². The normalized spacial score (nSPS) is 11.6. The average Bonchev–Trinajstić information content (AvgIpc) is 3.21. The molecule has 0 saturated heterocycles. The first-order valence-electron chi connectivity index (χ1n) is 10.6. The summed E-state index contributed by atoms with van der Waals surface area (Å²) in [4.78, 5) is 8.17. The van der Waals surface area contributed by atoms with Gasteiger partial charge in [-0.2, -0.15) is 23.0 Å². The van der Waals surface area contributed by atoms with Gasteiger partial charge in [0.25, 0.3) is 5.95 Å². The first-order chi connectivity index (χ1) is 17.6. The van der Waals surface area contributed by atoms with Gasteiger partial charge in [-0.1, -0.05) is 67.7 Å². The number of hydrogen-bond acceptors (Lipinski definition) is 3. The number of hydrogen-bond donors (Lipinski definition) is 0. The fraction of sp³-hybridized carbons (Fsp3) is 0.0385. The van der Waals surface area contributed by atoms with Gasteiger partial charge < -0.3 is 0 Å². The summed E-state index contributed by atoms with van der Waals surface area (Å²) in [6.45, 7) is 0. The van der Waals surface area contributed by atoms with Crippen LogP contribution in [0.1, 0.15) is 5.69 Å². The summed E-state index contributed by atoms with van der Waals surface area (Å²) in [6, 6.07) is 20.0. The molecular formula is C26H13Br2ClF4N4. The minimum atomic E-state index is -4.77. The zero-order valence-corrected chi connectivity index (χ0v) is 22.4. The maximum absolute atomic E-state index is 13.9. The van der Waals surface area contributed by atoms with Gasteiger partial charge >= 0.3 is 6.18 Å². The second kappa shape index (κ2) is 10.00. The largest absolute Gasteiger partial charge is 0.433 e. The lowest BCUT2D eigenvalue weighted by Gasteiger charge is -2.12. The van der Waals surface area contributed by atoms with E-state index in [1.165, 1.54) is 16.8 Å². The van der Waals surface area contributed by atoms with E-state index in [4.69, 9.17) is 11.6 Å². The third-order valence-corrected chi connectivity index (χ3v) is 6.81. The molecule has 11 heteroatoms. The third kappa shape index (κ3) is 5.32. The summed E-state index contributed by atoms with van der Waals surface area (Å²) in [6.07, 6.45) is -4.77. The van der Waals surface area contributed by atoms with Gasteiger partial charge in [0.1, 0.15) is 11.5 Å². The van der Waals surface area contributed by atoms with Crippen LogP contribution in [0.4, 0.5) is 17.6 Å². The predicted molar refractivity (Wildman–Crippen MR) is 141 cm³/mol. The van der Waals surface area contributed by atoms with Crippen LogP contribution in [0.25, 0.3) is 39.7 Å². The smallest absolute Gasteiger partial charge is 0.211 e. The molecule has 0 saturated carbocycles. The lowest BCUT2D eigenvalue weighted by Crippen LogP contribution is -2.14. The second-order valence-electron chi connectivity index (χ2n) is 7.88. The first-order valence-corrected chi connectivity index (χ1v) is 12.6. The topological polar surface area (TPSA) is 43.6 Å². The SMILES string of the molecule is Fc1ccc(-c2cc(C(F)(F)F)nc(-n3nc(-c4ccc(Br)cc4)c(Cl)c3-c3ccc(Br)cc3)n2)cc1. The molecule has 0 N–H and O–H groups in total. The zero-order chi connectivity index (χ0) is 26.3. The standard InChI is InChI=1S/C26H13Br2ClF4N4/c27-17-7-1-15(2-8-17)23-22(29)24(16-3-9-18(28)10-4-16)37(36-23)25-34-20(13-21(35-25)26(31,32)33)14-5-11-19(30)12-6-14/h1-13H. The van der Waals surface area contributed by atoms with Crippen molar-refractivity contribution in [1.82, 2.24) is 19.7 Å². The summed E-state index contributed by atoms with van der Waals surface area (Å²) >= 11 is 13.6. The van der Waals surface area contributed by atoms with Crippen molar-refractivity contribution in [2.45, 2.75) is 6.18 Å². The lowest BCUT2D eigenvalue weighted by atomic mass is 10.1. The molecule has 186 valence electrons. The monoisotopic (exact) mass is 650 g/mol. The van der Waals surface area contributed by atoms with E-state index >= 15 is 0 Å². The molecule has 0 atom stereocenters. The van der Waals surface area contributed by atoms with Crippen LogP contribution >= 0.6 is 43.5 Å². The van der Waals surface area contributed by atoms with Crippen LogP contribution in [0.2, 0.25) is 5.02 Å². The van der Waals surface area contributed by atoms with Gasteiger partial charge in [-0.25, -0.2) is 14.4 Å². The summed E-state index contributed by atoms with van der Waals surface area (Å²) in [5, 5.41) is 4.77. The maximum atomic E-state index is 13.9. The van der Waals surface area contributed by atoms with Crippen molar-refractivity contribution < 1.29 is 17.6 Å². The Morgan fingerprint density at radius 1 is 0.730 bits per heavy atom. The molecule has 0 aliphatic carbocycles. The van der Waals surface area contributed by atoms with Crippen molar-refractivity contribution in [2.75, 3.05) is 0 Å². The number of aromatic nitrogens is 4. The molecule has 0 bridgehead atoms. The molecule has 0 aliphatic heterocycles. The van der Waals surface area contributed by atoms with Crippen LogP contribution < -0.4 is 0 Å². The minimum Gasteiger partial charge on any atom is -0.211 e. The van der Waals surface area contributed by atoms with E-state index in [0.717, 1.165) is 27.1 Å². The van der Waals surface area contributed by atoms with E-state index in [-0.39, 0.29) is 22.2 Å². The fourth-order valence-electron chi connectivity index (χ4n) is 3.64. The quantitative estimate of drug-likeness (QED) is 0.182. The molecule has 0 spiro atoms. The van der Waals surface area contributed by atoms with Crippen molar-refractivity contribution >= 4 is 43.5 Å². The van der Waals surface area contributed by atoms with Gasteiger partial charge in [-0.15, -0.1) is 0 Å². The first kappa shape index (κ1) is 25.6. The Balaban J connectivity index is 1.78. The molecule has 0 aliphatic rings. The van der Waals surface area contributed by atoms with E-state index in [9.17, 15) is 17.6 Å². The molecule has 0 amide bonds. The van der Waals surface area contributed by atoms with E-state index in [1.807, 2.05) is 0 Å². The van der Waals surface area contributed by atoms with Crippen molar-refractivity contribution in [3.8, 4) is 39.7 Å². The molecule has 0 radical (unpaired) electrons. The average molecular weight is 653 g/mol. The molecule has 5 rings (SSSR count). The maximum Gasteiger partial charge on any atom is 0.433 e. The van der Waals surface area contributed by atoms with Gasteiger partial charge in [0.05, 0.1) is 16.4 Å². The predicted octanol–water partition coefficient (Wildman–Crippen LogP) is 9.00. The van der Waals surface area contributed by atoms with Crippen LogP contribution in [0.5, 0.6) is 0 Å². The third-order valence-electron chi connectivity index (χ3n) is 5.40. The van der Waals surface area contributed by atoms with Crippen LogP contribution in [0.15, 0.2) is 87.8 Å². The molecule has 2 heterocycles. The summed E-state index contributed by atoms with van der Waals surface area (Å²) < 4.78 is 58.0. The second-order valence-corrected chi connectivity index (χ2v) is 10.1. The Morgan fingerprint density at radius 3 is 1.84 bits per heavy atom. The van der Waals surface area contributed by atoms with Crippen LogP contribution in [0, 0.1) is 5.82 Å². The lowest BCUT2D eigenvalue weighted by molar-refractivity contribution is -0.141. The molecule has 2 aromatic heterocycles. The summed E-state index contributed by atoms with van der Waals surface area (Å²) in [7, 11) is 0. The minimum absolute atomic E-state index is 0.0455. The molecule has 0 unspecified atom stereocenters. The van der Waals surface area contributed by atoms with Crippen molar-refractivity contribution in [3.63, 3.8) is 0 Å². The fourth-order valence-corrected chi connectivity index (χ4v) is 4.50. The number of rotatable bonds is 4. The molecular weight excluding hydrogens is 640 g/mol. The molecule has 0 fully saturated rings. The van der Waals surface area contributed by atoms with E-state index in [2.05, 4.69) is 46.9 Å². The van der Waals surface area contributed by atoms with E-state index in [1.54, 1.807) is 48.5 Å². The van der Waals surface area contributed by atoms with Crippen LogP contribution in [0.3, 0.4) is 0 Å². The summed E-state index contributed by atoms with van der Waals surface area (Å²) in [5.74, 6) is -0.859. The highest BCUT2D eigenvalue weighted by Gasteiger charge is 2.35. The number of alkyl halides is 3. The Labute approximate surface area is 230 Å². The van der Waals surface area contributed by atoms with Gasteiger partial charge in [-0.05, 0) is 54.6 Å². The van der Waals surface area contributed by atoms with E-state index in [0.29, 0.717) is 22.5 Å². The van der Waals surface area contributed by atoms with Gasteiger partial charge in [-0.3, -0.25) is 0 Å². The van der Waals surface area contributed by atoms with Gasteiger partial charge in [0.15, 0.2) is 5.69 Å².